The van der Waals surface area contributed by atoms with Crippen molar-refractivity contribution in [3.8, 4) is 0 Å². The van der Waals surface area contributed by atoms with Crippen molar-refractivity contribution >= 4 is 16.8 Å². The number of aromatic nitrogens is 3. The van der Waals surface area contributed by atoms with Crippen LogP contribution in [0.25, 0.3) is 11.0 Å². The molecular formula is C29H40FN3O2. The van der Waals surface area contributed by atoms with E-state index in [1.165, 1.54) is 36.5 Å². The molecule has 6 rings (SSSR count). The second-order valence-electron chi connectivity index (χ2n) is 12.9. The third-order valence-corrected chi connectivity index (χ3v) is 11.4. The SMILES string of the molecule is CC[C@]12CC[C@@](C)(O)C[C@H]1CC[C@H]1[C@@H]3CC[C@H](C(=O)Cn4nc5cccc(F)c5n4)[C@@]3(C)CC[C@@H]12. The number of benzene rings is 1. The quantitative estimate of drug-likeness (QED) is 0.587. The Kier molecular flexibility index (Phi) is 5.45. The van der Waals surface area contributed by atoms with Gasteiger partial charge in [0.2, 0.25) is 0 Å². The zero-order valence-electron chi connectivity index (χ0n) is 21.5. The van der Waals surface area contributed by atoms with Gasteiger partial charge in [0.1, 0.15) is 17.6 Å². The first-order valence-corrected chi connectivity index (χ1v) is 13.9. The third-order valence-electron chi connectivity index (χ3n) is 11.4. The second-order valence-corrected chi connectivity index (χ2v) is 12.9. The van der Waals surface area contributed by atoms with Gasteiger partial charge in [0.15, 0.2) is 11.6 Å². The van der Waals surface area contributed by atoms with Gasteiger partial charge in [0.25, 0.3) is 0 Å². The van der Waals surface area contributed by atoms with E-state index in [4.69, 9.17) is 0 Å². The summed E-state index contributed by atoms with van der Waals surface area (Å²) in [5.74, 6) is 2.53. The standard InChI is InChI=1S/C29H40FN3O2/c1-4-29-15-14-27(2,35)16-18(29)8-9-19-20-10-11-22(28(20,3)13-12-21(19)29)25(34)17-33-31-24-7-5-6-23(30)26(24)32-33/h5-7,18-22,35H,4,8-17H2,1-3H3/t18-,19+,20+,21+,22-,27-,28+,29+/m1/s1. The van der Waals surface area contributed by atoms with Gasteiger partial charge in [-0.25, -0.2) is 4.39 Å². The molecule has 4 saturated carbocycles. The van der Waals surface area contributed by atoms with Gasteiger partial charge in [-0.3, -0.25) is 4.79 Å². The smallest absolute Gasteiger partial charge is 0.159 e. The molecule has 1 heterocycles. The Balaban J connectivity index is 1.22. The number of aliphatic hydroxyl groups is 1. The first kappa shape index (κ1) is 23.6. The Morgan fingerprint density at radius 3 is 2.69 bits per heavy atom. The van der Waals surface area contributed by atoms with Gasteiger partial charge in [0.05, 0.1) is 5.60 Å². The van der Waals surface area contributed by atoms with E-state index in [2.05, 4.69) is 24.0 Å². The number of carbonyl (C=O) groups excluding carboxylic acids is 1. The average molecular weight is 482 g/mol. The maximum Gasteiger partial charge on any atom is 0.159 e. The summed E-state index contributed by atoms with van der Waals surface area (Å²) in [5, 5.41) is 19.5. The van der Waals surface area contributed by atoms with E-state index in [9.17, 15) is 14.3 Å². The molecule has 5 nitrogen and oxygen atoms in total. The van der Waals surface area contributed by atoms with E-state index >= 15 is 0 Å². The zero-order valence-corrected chi connectivity index (χ0v) is 21.5. The molecule has 4 aliphatic rings. The zero-order chi connectivity index (χ0) is 24.6. The van der Waals surface area contributed by atoms with E-state index in [1.807, 2.05) is 6.92 Å². The number of nitrogens with zero attached hydrogens (tertiary/aromatic N) is 3. The van der Waals surface area contributed by atoms with Crippen LogP contribution in [-0.2, 0) is 11.3 Å². The highest BCUT2D eigenvalue weighted by atomic mass is 19.1. The lowest BCUT2D eigenvalue weighted by Crippen LogP contribution is -2.56. The highest BCUT2D eigenvalue weighted by Crippen LogP contribution is 2.69. The van der Waals surface area contributed by atoms with Gasteiger partial charge in [0, 0.05) is 5.92 Å². The molecule has 0 saturated heterocycles. The summed E-state index contributed by atoms with van der Waals surface area (Å²) in [6.45, 7) is 6.93. The summed E-state index contributed by atoms with van der Waals surface area (Å²) < 4.78 is 14.1. The Hall–Kier alpha value is -1.82. The van der Waals surface area contributed by atoms with Crippen LogP contribution < -0.4 is 0 Å². The predicted molar refractivity (Wildman–Crippen MR) is 133 cm³/mol. The van der Waals surface area contributed by atoms with Gasteiger partial charge in [-0.05, 0) is 118 Å². The Labute approximate surface area is 207 Å². The van der Waals surface area contributed by atoms with Gasteiger partial charge in [-0.15, -0.1) is 5.10 Å². The lowest BCUT2D eigenvalue weighted by atomic mass is 9.42. The summed E-state index contributed by atoms with van der Waals surface area (Å²) in [5.41, 5.74) is 0.653. The van der Waals surface area contributed by atoms with Crippen molar-refractivity contribution in [2.45, 2.75) is 97.1 Å². The summed E-state index contributed by atoms with van der Waals surface area (Å²) in [7, 11) is 0. The minimum absolute atomic E-state index is 0.0369. The van der Waals surface area contributed by atoms with Crippen LogP contribution >= 0.6 is 0 Å². The van der Waals surface area contributed by atoms with E-state index < -0.39 is 11.4 Å². The predicted octanol–water partition coefficient (Wildman–Crippen LogP) is 5.94. The van der Waals surface area contributed by atoms with Crippen LogP contribution in [0.1, 0.15) is 85.0 Å². The van der Waals surface area contributed by atoms with Crippen molar-refractivity contribution in [2.75, 3.05) is 0 Å². The van der Waals surface area contributed by atoms with Crippen LogP contribution in [-0.4, -0.2) is 31.5 Å². The molecule has 4 aliphatic carbocycles. The molecule has 0 radical (unpaired) electrons. The first-order valence-electron chi connectivity index (χ1n) is 13.9. The maximum atomic E-state index is 14.1. The molecule has 1 N–H and O–H groups in total. The first-order chi connectivity index (χ1) is 16.7. The summed E-state index contributed by atoms with van der Waals surface area (Å²) in [6, 6.07) is 4.76. The Morgan fingerprint density at radius 1 is 1.09 bits per heavy atom. The lowest BCUT2D eigenvalue weighted by Gasteiger charge is -2.63. The van der Waals surface area contributed by atoms with Crippen molar-refractivity contribution in [3.63, 3.8) is 0 Å². The summed E-state index contributed by atoms with van der Waals surface area (Å²) in [4.78, 5) is 15.0. The van der Waals surface area contributed by atoms with Gasteiger partial charge in [-0.2, -0.15) is 9.90 Å². The van der Waals surface area contributed by atoms with Crippen LogP contribution in [0, 0.1) is 46.2 Å². The van der Waals surface area contributed by atoms with Crippen molar-refractivity contribution in [1.29, 1.82) is 0 Å². The largest absolute Gasteiger partial charge is 0.390 e. The van der Waals surface area contributed by atoms with Gasteiger partial charge >= 0.3 is 0 Å². The van der Waals surface area contributed by atoms with Gasteiger partial charge < -0.3 is 5.11 Å². The molecule has 0 spiro atoms. The minimum Gasteiger partial charge on any atom is -0.390 e. The van der Waals surface area contributed by atoms with Crippen molar-refractivity contribution in [2.24, 2.45) is 40.4 Å². The third kappa shape index (κ3) is 3.53. The monoisotopic (exact) mass is 481 g/mol. The minimum atomic E-state index is -0.502. The number of ketones is 1. The molecule has 2 aromatic rings. The average Bonchev–Trinajstić information content (AvgIpc) is 3.39. The molecule has 8 atom stereocenters. The highest BCUT2D eigenvalue weighted by Gasteiger charge is 2.62. The molecule has 35 heavy (non-hydrogen) atoms. The van der Waals surface area contributed by atoms with Gasteiger partial charge in [-0.1, -0.05) is 19.9 Å². The Bertz CT molecular complexity index is 1140. The van der Waals surface area contributed by atoms with E-state index in [0.29, 0.717) is 28.7 Å². The molecule has 1 aromatic carbocycles. The van der Waals surface area contributed by atoms with Crippen LogP contribution in [0.15, 0.2) is 18.2 Å². The van der Waals surface area contributed by atoms with Crippen molar-refractivity contribution in [1.82, 2.24) is 15.0 Å². The van der Waals surface area contributed by atoms with E-state index in [1.54, 1.807) is 12.1 Å². The maximum absolute atomic E-state index is 14.1. The summed E-state index contributed by atoms with van der Waals surface area (Å²) in [6.07, 6.45) is 11.2. The summed E-state index contributed by atoms with van der Waals surface area (Å²) >= 11 is 0. The fraction of sp³-hybridized carbons (Fsp3) is 0.759. The fourth-order valence-corrected chi connectivity index (χ4v) is 9.74. The molecule has 190 valence electrons. The molecule has 0 unspecified atom stereocenters. The molecule has 0 aliphatic heterocycles. The molecule has 6 heteroatoms. The number of halogens is 1. The van der Waals surface area contributed by atoms with Crippen LogP contribution in [0.3, 0.4) is 0 Å². The van der Waals surface area contributed by atoms with Crippen molar-refractivity contribution < 1.29 is 14.3 Å². The van der Waals surface area contributed by atoms with Crippen LogP contribution in [0.5, 0.6) is 0 Å². The van der Waals surface area contributed by atoms with Crippen LogP contribution in [0.2, 0.25) is 0 Å². The number of hydrogen-bond acceptors (Lipinski definition) is 4. The molecule has 4 fully saturated rings. The van der Waals surface area contributed by atoms with E-state index in [0.717, 1.165) is 44.4 Å². The normalized spacial score (nSPS) is 42.9. The van der Waals surface area contributed by atoms with Crippen molar-refractivity contribution in [3.05, 3.63) is 24.0 Å². The Morgan fingerprint density at radius 2 is 1.91 bits per heavy atom. The number of fused-ring (bicyclic) bond motifs is 6. The second kappa shape index (κ2) is 8.09. The molecular weight excluding hydrogens is 441 g/mol. The number of carbonyl (C=O) groups is 1. The fourth-order valence-electron chi connectivity index (χ4n) is 9.74. The van der Waals surface area contributed by atoms with Crippen LogP contribution in [0.4, 0.5) is 4.39 Å². The highest BCUT2D eigenvalue weighted by molar-refractivity contribution is 5.82. The number of rotatable bonds is 4. The molecule has 0 amide bonds. The topological polar surface area (TPSA) is 68.0 Å². The molecule has 1 aromatic heterocycles. The lowest BCUT2D eigenvalue weighted by molar-refractivity contribution is -0.158. The number of hydrogen-bond donors (Lipinski definition) is 1. The molecule has 0 bridgehead atoms. The van der Waals surface area contributed by atoms with E-state index in [-0.39, 0.29) is 29.2 Å². The number of Topliss-reactive ketones (excluding diaryl/α,β-unsaturated/α-hetero) is 1.